The molecule has 1 aliphatic heterocycles. The Morgan fingerprint density at radius 1 is 1.43 bits per heavy atom. The van der Waals surface area contributed by atoms with Gasteiger partial charge < -0.3 is 10.0 Å². The van der Waals surface area contributed by atoms with Crippen LogP contribution in [0.4, 0.5) is 0 Å². The summed E-state index contributed by atoms with van der Waals surface area (Å²) >= 11 is 1.51. The van der Waals surface area contributed by atoms with E-state index < -0.39 is 0 Å². The summed E-state index contributed by atoms with van der Waals surface area (Å²) < 4.78 is 0. The number of rotatable bonds is 4. The minimum absolute atomic E-state index is 0.000254. The molecule has 5 heteroatoms. The quantitative estimate of drug-likeness (QED) is 0.944. The van der Waals surface area contributed by atoms with Crippen molar-refractivity contribution in [1.82, 2.24) is 9.88 Å². The minimum Gasteiger partial charge on any atom is -0.396 e. The van der Waals surface area contributed by atoms with Crippen molar-refractivity contribution in [2.75, 3.05) is 19.7 Å². The molecule has 0 bridgehead atoms. The summed E-state index contributed by atoms with van der Waals surface area (Å²) in [5, 5.41) is 11.6. The Bertz CT molecular complexity index is 647. The lowest BCUT2D eigenvalue weighted by Gasteiger charge is -2.38. The van der Waals surface area contributed by atoms with Gasteiger partial charge in [-0.2, -0.15) is 0 Å². The Morgan fingerprint density at radius 2 is 2.19 bits per heavy atom. The molecule has 1 saturated heterocycles. The lowest BCUT2D eigenvalue weighted by molar-refractivity contribution is 0.0443. The predicted molar refractivity (Wildman–Crippen MR) is 83.4 cm³/mol. The van der Waals surface area contributed by atoms with E-state index in [1.807, 2.05) is 36.6 Å². The number of aromatic nitrogens is 1. The van der Waals surface area contributed by atoms with Crippen LogP contribution in [0, 0.1) is 12.8 Å². The summed E-state index contributed by atoms with van der Waals surface area (Å²) in [6.45, 7) is 3.71. The molecule has 0 spiro atoms. The van der Waals surface area contributed by atoms with Gasteiger partial charge in [-0.1, -0.05) is 24.3 Å². The Balaban J connectivity index is 1.71. The maximum atomic E-state index is 12.3. The topological polar surface area (TPSA) is 53.4 Å². The van der Waals surface area contributed by atoms with Gasteiger partial charge in [0.1, 0.15) is 10.7 Å². The van der Waals surface area contributed by atoms with Gasteiger partial charge in [-0.15, -0.1) is 11.3 Å². The molecule has 0 atom stereocenters. The highest BCUT2D eigenvalue weighted by Crippen LogP contribution is 2.28. The van der Waals surface area contributed by atoms with Crippen molar-refractivity contribution in [1.29, 1.82) is 0 Å². The maximum Gasteiger partial charge on any atom is 0.273 e. The number of hydrogen-bond donors (Lipinski definition) is 1. The highest BCUT2D eigenvalue weighted by molar-refractivity contribution is 7.13. The van der Waals surface area contributed by atoms with Crippen LogP contribution in [0.2, 0.25) is 0 Å². The van der Waals surface area contributed by atoms with E-state index in [4.69, 9.17) is 5.11 Å². The molecule has 1 amide bonds. The third-order valence-corrected chi connectivity index (χ3v) is 4.76. The fourth-order valence-corrected chi connectivity index (χ4v) is 3.46. The lowest BCUT2D eigenvalue weighted by Crippen LogP contribution is -2.50. The summed E-state index contributed by atoms with van der Waals surface area (Å²) in [6, 6.07) is 8.07. The van der Waals surface area contributed by atoms with Crippen LogP contribution in [-0.2, 0) is 0 Å². The largest absolute Gasteiger partial charge is 0.396 e. The van der Waals surface area contributed by atoms with E-state index in [1.54, 1.807) is 4.90 Å². The molecule has 4 nitrogen and oxygen atoms in total. The summed E-state index contributed by atoms with van der Waals surface area (Å²) in [5.74, 6) is 0.439. The van der Waals surface area contributed by atoms with Gasteiger partial charge in [-0.25, -0.2) is 4.98 Å². The number of nitrogens with zero attached hydrogens (tertiary/aromatic N) is 2. The SMILES string of the molecule is Cc1ccccc1-c1nc(C(=O)N2CC(CCO)C2)cs1. The Kier molecular flexibility index (Phi) is 4.03. The van der Waals surface area contributed by atoms with Crippen LogP contribution < -0.4 is 0 Å². The van der Waals surface area contributed by atoms with Gasteiger partial charge in [0.15, 0.2) is 0 Å². The normalized spacial score (nSPS) is 15.0. The first-order valence-electron chi connectivity index (χ1n) is 7.10. The van der Waals surface area contributed by atoms with Crippen LogP contribution in [0.15, 0.2) is 29.6 Å². The number of thiazole rings is 1. The molecule has 0 saturated carbocycles. The molecule has 21 heavy (non-hydrogen) atoms. The third-order valence-electron chi connectivity index (χ3n) is 3.88. The van der Waals surface area contributed by atoms with Crippen molar-refractivity contribution in [3.63, 3.8) is 0 Å². The molecule has 0 unspecified atom stereocenters. The number of likely N-dealkylation sites (tertiary alicyclic amines) is 1. The van der Waals surface area contributed by atoms with E-state index in [-0.39, 0.29) is 12.5 Å². The average Bonchev–Trinajstić information content (AvgIpc) is 2.92. The Morgan fingerprint density at radius 3 is 2.90 bits per heavy atom. The van der Waals surface area contributed by atoms with Crippen LogP contribution in [-0.4, -0.2) is 40.6 Å². The molecule has 1 N–H and O–H groups in total. The Hall–Kier alpha value is -1.72. The van der Waals surface area contributed by atoms with Gasteiger partial charge >= 0.3 is 0 Å². The third kappa shape index (κ3) is 2.84. The number of benzene rings is 1. The second kappa shape index (κ2) is 5.95. The Labute approximate surface area is 128 Å². The van der Waals surface area contributed by atoms with Crippen molar-refractivity contribution < 1.29 is 9.90 Å². The molecular formula is C16H18N2O2S. The zero-order valence-electron chi connectivity index (χ0n) is 12.0. The number of amides is 1. The van der Waals surface area contributed by atoms with Crippen LogP contribution >= 0.6 is 11.3 Å². The van der Waals surface area contributed by atoms with E-state index in [0.29, 0.717) is 11.6 Å². The van der Waals surface area contributed by atoms with Crippen LogP contribution in [0.3, 0.4) is 0 Å². The first-order valence-corrected chi connectivity index (χ1v) is 7.98. The van der Waals surface area contributed by atoms with Crippen LogP contribution in [0.5, 0.6) is 0 Å². The molecule has 1 aromatic carbocycles. The molecule has 1 fully saturated rings. The molecule has 2 aromatic rings. The zero-order valence-corrected chi connectivity index (χ0v) is 12.8. The molecular weight excluding hydrogens is 284 g/mol. The second-order valence-electron chi connectivity index (χ2n) is 5.44. The van der Waals surface area contributed by atoms with Crippen molar-refractivity contribution in [3.8, 4) is 10.6 Å². The number of carbonyl (C=O) groups excluding carboxylic acids is 1. The van der Waals surface area contributed by atoms with E-state index in [9.17, 15) is 4.79 Å². The van der Waals surface area contributed by atoms with Crippen molar-refractivity contribution in [2.24, 2.45) is 5.92 Å². The molecule has 0 radical (unpaired) electrons. The zero-order chi connectivity index (χ0) is 14.8. The summed E-state index contributed by atoms with van der Waals surface area (Å²) in [5.41, 5.74) is 2.78. The van der Waals surface area contributed by atoms with Gasteiger partial charge in [0.2, 0.25) is 0 Å². The number of aryl methyl sites for hydroxylation is 1. The molecule has 1 aromatic heterocycles. The fourth-order valence-electron chi connectivity index (χ4n) is 2.57. The van der Waals surface area contributed by atoms with Crippen LogP contribution in [0.25, 0.3) is 10.6 Å². The van der Waals surface area contributed by atoms with Gasteiger partial charge in [0, 0.05) is 30.6 Å². The number of carbonyl (C=O) groups is 1. The van der Waals surface area contributed by atoms with Gasteiger partial charge in [-0.3, -0.25) is 4.79 Å². The van der Waals surface area contributed by atoms with Gasteiger partial charge in [0.05, 0.1) is 0 Å². The first-order chi connectivity index (χ1) is 10.2. The maximum absolute atomic E-state index is 12.3. The van der Waals surface area contributed by atoms with E-state index in [0.717, 1.165) is 35.6 Å². The number of aliphatic hydroxyl groups is 1. The van der Waals surface area contributed by atoms with Crippen molar-refractivity contribution in [3.05, 3.63) is 40.9 Å². The molecule has 1 aliphatic rings. The molecule has 2 heterocycles. The summed E-state index contributed by atoms with van der Waals surface area (Å²) in [6.07, 6.45) is 0.773. The van der Waals surface area contributed by atoms with E-state index in [1.165, 1.54) is 11.3 Å². The fraction of sp³-hybridized carbons (Fsp3) is 0.375. The van der Waals surface area contributed by atoms with Crippen molar-refractivity contribution in [2.45, 2.75) is 13.3 Å². The molecule has 3 rings (SSSR count). The van der Waals surface area contributed by atoms with E-state index in [2.05, 4.69) is 4.98 Å². The monoisotopic (exact) mass is 302 g/mol. The molecule has 110 valence electrons. The first kappa shape index (κ1) is 14.2. The smallest absolute Gasteiger partial charge is 0.273 e. The van der Waals surface area contributed by atoms with Crippen molar-refractivity contribution >= 4 is 17.2 Å². The highest BCUT2D eigenvalue weighted by Gasteiger charge is 2.31. The standard InChI is InChI=1S/C16H18N2O2S/c1-11-4-2-3-5-13(11)15-17-14(10-21-15)16(20)18-8-12(9-18)6-7-19/h2-5,10,12,19H,6-9H2,1H3. The van der Waals surface area contributed by atoms with Crippen LogP contribution in [0.1, 0.15) is 22.5 Å². The summed E-state index contributed by atoms with van der Waals surface area (Å²) in [7, 11) is 0. The minimum atomic E-state index is 0.000254. The lowest BCUT2D eigenvalue weighted by atomic mass is 9.96. The second-order valence-corrected chi connectivity index (χ2v) is 6.30. The number of hydrogen-bond acceptors (Lipinski definition) is 4. The van der Waals surface area contributed by atoms with E-state index >= 15 is 0 Å². The number of aliphatic hydroxyl groups excluding tert-OH is 1. The predicted octanol–water partition coefficient (Wildman–Crippen LogP) is 2.57. The molecule has 0 aliphatic carbocycles. The summed E-state index contributed by atoms with van der Waals surface area (Å²) in [4.78, 5) is 18.6. The van der Waals surface area contributed by atoms with Gasteiger partial charge in [-0.05, 0) is 24.8 Å². The highest BCUT2D eigenvalue weighted by atomic mass is 32.1. The average molecular weight is 302 g/mol. The van der Waals surface area contributed by atoms with Gasteiger partial charge in [0.25, 0.3) is 5.91 Å².